The topological polar surface area (TPSA) is 43.2 Å². The van der Waals surface area contributed by atoms with E-state index in [1.54, 1.807) is 17.4 Å². The van der Waals surface area contributed by atoms with Gasteiger partial charge >= 0.3 is 0 Å². The smallest absolute Gasteiger partial charge is 0.143 e. The summed E-state index contributed by atoms with van der Waals surface area (Å²) < 4.78 is 13.8. The Morgan fingerprint density at radius 2 is 2.04 bits per heavy atom. The van der Waals surface area contributed by atoms with Crippen molar-refractivity contribution in [2.45, 2.75) is 26.3 Å². The van der Waals surface area contributed by atoms with Gasteiger partial charge in [0, 0.05) is 44.0 Å². The lowest BCUT2D eigenvalue weighted by Crippen LogP contribution is -2.46. The fourth-order valence-electron chi connectivity index (χ4n) is 2.92. The van der Waals surface area contributed by atoms with E-state index < -0.39 is 5.82 Å². The van der Waals surface area contributed by atoms with Crippen molar-refractivity contribution >= 4 is 17.0 Å². The zero-order chi connectivity index (χ0) is 17.1. The Balaban J connectivity index is 1.62. The monoisotopic (exact) mass is 344 g/mol. The number of benzene rings is 1. The van der Waals surface area contributed by atoms with Gasteiger partial charge in [-0.2, -0.15) is 5.26 Å². The van der Waals surface area contributed by atoms with Crippen LogP contribution < -0.4 is 4.90 Å². The van der Waals surface area contributed by atoms with Crippen LogP contribution in [0, 0.1) is 17.1 Å². The van der Waals surface area contributed by atoms with Crippen molar-refractivity contribution in [3.05, 3.63) is 45.7 Å². The number of nitrogens with zero attached hydrogens (tertiary/aromatic N) is 4. The number of aromatic nitrogens is 1. The van der Waals surface area contributed by atoms with Gasteiger partial charge in [-0.05, 0) is 12.1 Å². The van der Waals surface area contributed by atoms with Crippen LogP contribution in [-0.4, -0.2) is 36.1 Å². The van der Waals surface area contributed by atoms with Crippen LogP contribution in [0.2, 0.25) is 0 Å². The van der Waals surface area contributed by atoms with Gasteiger partial charge in [0.15, 0.2) is 0 Å². The lowest BCUT2D eigenvalue weighted by atomic mass is 10.1. The van der Waals surface area contributed by atoms with Gasteiger partial charge in [-0.3, -0.25) is 4.90 Å². The molecule has 0 amide bonds. The van der Waals surface area contributed by atoms with Crippen molar-refractivity contribution in [3.63, 3.8) is 0 Å². The van der Waals surface area contributed by atoms with Crippen LogP contribution in [0.1, 0.15) is 36.0 Å². The summed E-state index contributed by atoms with van der Waals surface area (Å²) in [4.78, 5) is 9.15. The summed E-state index contributed by atoms with van der Waals surface area (Å²) in [5.74, 6) is 0.0269. The second-order valence-electron chi connectivity index (χ2n) is 6.34. The number of anilines is 1. The molecule has 0 atom stereocenters. The first-order valence-corrected chi connectivity index (χ1v) is 9.06. The molecule has 0 unspecified atom stereocenters. The average Bonchev–Trinajstić information content (AvgIpc) is 3.04. The average molecular weight is 344 g/mol. The Hall–Kier alpha value is -1.97. The molecule has 126 valence electrons. The van der Waals surface area contributed by atoms with Crippen molar-refractivity contribution in [1.29, 1.82) is 5.26 Å². The van der Waals surface area contributed by atoms with E-state index in [4.69, 9.17) is 4.98 Å². The highest BCUT2D eigenvalue weighted by molar-refractivity contribution is 7.09. The summed E-state index contributed by atoms with van der Waals surface area (Å²) in [6.45, 7) is 8.52. The third kappa shape index (κ3) is 3.58. The molecule has 2 heterocycles. The standard InChI is InChI=1S/C18H21FN4S/c1-13(2)18-21-14(12-24-18)11-22-6-8-23(9-7-22)17-5-3-4-16(19)15(17)10-20/h3-5,12-13H,6-9,11H2,1-2H3. The van der Waals surface area contributed by atoms with E-state index in [0.29, 0.717) is 11.6 Å². The molecule has 24 heavy (non-hydrogen) atoms. The van der Waals surface area contributed by atoms with Gasteiger partial charge in [-0.1, -0.05) is 19.9 Å². The second-order valence-corrected chi connectivity index (χ2v) is 7.23. The van der Waals surface area contributed by atoms with Crippen molar-refractivity contribution in [2.75, 3.05) is 31.1 Å². The Labute approximate surface area is 146 Å². The Kier molecular flexibility index (Phi) is 5.12. The molecule has 1 aromatic heterocycles. The van der Waals surface area contributed by atoms with Crippen molar-refractivity contribution in [3.8, 4) is 6.07 Å². The number of piperazine rings is 1. The third-order valence-electron chi connectivity index (χ3n) is 4.27. The van der Waals surface area contributed by atoms with E-state index in [-0.39, 0.29) is 5.56 Å². The fraction of sp³-hybridized carbons (Fsp3) is 0.444. The first-order valence-electron chi connectivity index (χ1n) is 8.18. The maximum Gasteiger partial charge on any atom is 0.143 e. The molecule has 1 saturated heterocycles. The molecule has 0 aliphatic carbocycles. The molecule has 1 aromatic carbocycles. The molecule has 1 aliphatic heterocycles. The number of thiazole rings is 1. The molecular formula is C18H21FN4S. The summed E-state index contributed by atoms with van der Waals surface area (Å²) in [5, 5.41) is 12.5. The van der Waals surface area contributed by atoms with E-state index in [0.717, 1.165) is 38.4 Å². The van der Waals surface area contributed by atoms with Crippen LogP contribution in [0.25, 0.3) is 0 Å². The quantitative estimate of drug-likeness (QED) is 0.850. The minimum atomic E-state index is -0.443. The van der Waals surface area contributed by atoms with Crippen LogP contribution in [0.4, 0.5) is 10.1 Å². The van der Waals surface area contributed by atoms with Gasteiger partial charge in [0.2, 0.25) is 0 Å². The molecule has 0 saturated carbocycles. The lowest BCUT2D eigenvalue weighted by molar-refractivity contribution is 0.247. The molecule has 3 rings (SSSR count). The Morgan fingerprint density at radius 1 is 1.29 bits per heavy atom. The molecule has 1 fully saturated rings. The Morgan fingerprint density at radius 3 is 2.67 bits per heavy atom. The molecule has 0 spiro atoms. The molecule has 1 aliphatic rings. The molecule has 0 N–H and O–H groups in total. The number of halogens is 1. The van der Waals surface area contributed by atoms with Crippen LogP contribution in [0.15, 0.2) is 23.6 Å². The minimum Gasteiger partial charge on any atom is -0.368 e. The normalized spacial score (nSPS) is 15.7. The zero-order valence-electron chi connectivity index (χ0n) is 14.0. The molecule has 2 aromatic rings. The first-order chi connectivity index (χ1) is 11.6. The summed E-state index contributed by atoms with van der Waals surface area (Å²) in [6, 6.07) is 6.82. The third-order valence-corrected chi connectivity index (χ3v) is 5.46. The molecule has 6 heteroatoms. The number of nitriles is 1. The SMILES string of the molecule is CC(C)c1nc(CN2CCN(c3cccc(F)c3C#N)CC2)cs1. The summed E-state index contributed by atoms with van der Waals surface area (Å²) >= 11 is 1.72. The van der Waals surface area contributed by atoms with E-state index in [1.807, 2.05) is 12.1 Å². The van der Waals surface area contributed by atoms with Gasteiger partial charge in [0.1, 0.15) is 17.4 Å². The van der Waals surface area contributed by atoms with Crippen molar-refractivity contribution in [1.82, 2.24) is 9.88 Å². The van der Waals surface area contributed by atoms with Gasteiger partial charge in [0.25, 0.3) is 0 Å². The summed E-state index contributed by atoms with van der Waals surface area (Å²) in [5.41, 5.74) is 1.97. The number of rotatable bonds is 4. The van der Waals surface area contributed by atoms with Gasteiger partial charge in [-0.25, -0.2) is 9.37 Å². The number of hydrogen-bond donors (Lipinski definition) is 0. The molecular weight excluding hydrogens is 323 g/mol. The van der Waals surface area contributed by atoms with E-state index in [1.165, 1.54) is 11.1 Å². The van der Waals surface area contributed by atoms with Crippen LogP contribution in [0.3, 0.4) is 0 Å². The van der Waals surface area contributed by atoms with E-state index in [2.05, 4.69) is 29.0 Å². The highest BCUT2D eigenvalue weighted by Gasteiger charge is 2.21. The maximum absolute atomic E-state index is 13.8. The largest absolute Gasteiger partial charge is 0.368 e. The highest BCUT2D eigenvalue weighted by Crippen LogP contribution is 2.24. The van der Waals surface area contributed by atoms with Crippen LogP contribution in [-0.2, 0) is 6.54 Å². The molecule has 4 nitrogen and oxygen atoms in total. The van der Waals surface area contributed by atoms with Crippen molar-refractivity contribution < 1.29 is 4.39 Å². The van der Waals surface area contributed by atoms with Gasteiger partial charge < -0.3 is 4.90 Å². The number of hydrogen-bond acceptors (Lipinski definition) is 5. The summed E-state index contributed by atoms with van der Waals surface area (Å²) in [7, 11) is 0. The maximum atomic E-state index is 13.8. The predicted octanol–water partition coefficient (Wildman–Crippen LogP) is 3.60. The van der Waals surface area contributed by atoms with Crippen molar-refractivity contribution in [2.24, 2.45) is 0 Å². The van der Waals surface area contributed by atoms with Crippen LogP contribution >= 0.6 is 11.3 Å². The van der Waals surface area contributed by atoms with Gasteiger partial charge in [-0.15, -0.1) is 11.3 Å². The lowest BCUT2D eigenvalue weighted by Gasteiger charge is -2.36. The minimum absolute atomic E-state index is 0.145. The zero-order valence-corrected chi connectivity index (χ0v) is 14.8. The summed E-state index contributed by atoms with van der Waals surface area (Å²) in [6.07, 6.45) is 0. The predicted molar refractivity (Wildman–Crippen MR) is 94.8 cm³/mol. The Bertz CT molecular complexity index is 742. The molecule has 0 radical (unpaired) electrons. The van der Waals surface area contributed by atoms with E-state index >= 15 is 0 Å². The van der Waals surface area contributed by atoms with E-state index in [9.17, 15) is 9.65 Å². The highest BCUT2D eigenvalue weighted by atomic mass is 32.1. The van der Waals surface area contributed by atoms with Crippen LogP contribution in [0.5, 0.6) is 0 Å². The fourth-order valence-corrected chi connectivity index (χ4v) is 3.75. The van der Waals surface area contributed by atoms with Gasteiger partial charge in [0.05, 0.1) is 16.4 Å². The molecule has 0 bridgehead atoms. The second kappa shape index (κ2) is 7.29. The first kappa shape index (κ1) is 16.9.